The Morgan fingerprint density at radius 3 is 1.88 bits per heavy atom. The van der Waals surface area contributed by atoms with Crippen molar-refractivity contribution in [3.63, 3.8) is 0 Å². The van der Waals surface area contributed by atoms with E-state index in [1.165, 1.54) is 19.3 Å². The fraction of sp³-hybridized carbons (Fsp3) is 0.667. The minimum Gasteiger partial charge on any atom is -0.120 e. The lowest BCUT2D eigenvalue weighted by atomic mass is 9.87. The first-order chi connectivity index (χ1) is 2.93. The Hall–Kier alpha value is 0.806. The second-order valence-corrected chi connectivity index (χ2v) is 1.79. The molecule has 0 aromatic rings. The molecule has 0 bridgehead atoms. The summed E-state index contributed by atoms with van der Waals surface area (Å²) in [4.78, 5) is 0. The molecule has 1 aliphatic rings. The molecule has 0 unspecified atom stereocenters. The van der Waals surface area contributed by atoms with Gasteiger partial charge in [-0.25, -0.2) is 0 Å². The van der Waals surface area contributed by atoms with Gasteiger partial charge in [0.1, 0.15) is 0 Å². The Morgan fingerprint density at radius 1 is 1.38 bits per heavy atom. The van der Waals surface area contributed by atoms with Gasteiger partial charge in [-0.15, -0.1) is 29.3 Å². The lowest BCUT2D eigenvalue weighted by Gasteiger charge is -2.17. The zero-order valence-corrected chi connectivity index (χ0v) is 5.90. The average molecular weight is 187 g/mol. The van der Waals surface area contributed by atoms with Gasteiger partial charge in [-0.1, -0.05) is 6.42 Å². The molecule has 0 aromatic carbocycles. The lowest BCUT2D eigenvalue weighted by Crippen LogP contribution is -2.06. The molecule has 0 aliphatic heterocycles. The molecule has 0 spiro atoms. The Labute approximate surface area is 77.3 Å². The molecule has 0 aromatic heterocycles. The van der Waals surface area contributed by atoms with E-state index in [2.05, 4.69) is 5.92 Å². The molecule has 1 aliphatic carbocycles. The van der Waals surface area contributed by atoms with E-state index in [1.807, 2.05) is 0 Å². The van der Waals surface area contributed by atoms with Gasteiger partial charge < -0.3 is 0 Å². The Kier molecular flexibility index (Phi) is 8.59. The van der Waals surface area contributed by atoms with Crippen molar-refractivity contribution < 1.29 is 0 Å². The van der Waals surface area contributed by atoms with Crippen LogP contribution in [0.1, 0.15) is 19.3 Å². The predicted octanol–water partition coefficient (Wildman–Crippen LogP) is 1.08. The smallest absolute Gasteiger partial charge is 0.120 e. The highest BCUT2D eigenvalue weighted by Gasteiger charge is 2.12. The summed E-state index contributed by atoms with van der Waals surface area (Å²) >= 11 is 0. The van der Waals surface area contributed by atoms with E-state index in [0.29, 0.717) is 5.92 Å². The van der Waals surface area contributed by atoms with E-state index in [4.69, 9.17) is 6.42 Å². The maximum absolute atomic E-state index is 5.08. The summed E-state index contributed by atoms with van der Waals surface area (Å²) < 4.78 is 0. The molecule has 1 fully saturated rings. The number of terminal acetylenes is 1. The number of hydrogen-bond donors (Lipinski definition) is 0. The van der Waals surface area contributed by atoms with Crippen molar-refractivity contribution in [1.82, 2.24) is 0 Å². The van der Waals surface area contributed by atoms with Crippen molar-refractivity contribution in [3.8, 4) is 12.3 Å². The molecule has 0 amide bonds. The summed E-state index contributed by atoms with van der Waals surface area (Å²) in [6.07, 6.45) is 8.99. The van der Waals surface area contributed by atoms with E-state index < -0.39 is 0 Å². The number of hydrogen-bond acceptors (Lipinski definition) is 0. The van der Waals surface area contributed by atoms with E-state index in [9.17, 15) is 0 Å². The van der Waals surface area contributed by atoms with Gasteiger partial charge in [-0.05, 0) is 12.8 Å². The zero-order chi connectivity index (χ0) is 4.41. The third-order valence-corrected chi connectivity index (χ3v) is 1.34. The van der Waals surface area contributed by atoms with Crippen LogP contribution in [0.5, 0.6) is 0 Å². The first kappa shape index (κ1) is 11.6. The molecule has 2 heteroatoms. The quantitative estimate of drug-likeness (QED) is 0.393. The SMILES string of the molecule is Br.C#CC1CCC1.[MgH2]. The van der Waals surface area contributed by atoms with Gasteiger partial charge in [-0.2, -0.15) is 0 Å². The third-order valence-electron chi connectivity index (χ3n) is 1.34. The van der Waals surface area contributed by atoms with Gasteiger partial charge in [0.15, 0.2) is 0 Å². The first-order valence-electron chi connectivity index (χ1n) is 2.39. The Balaban J connectivity index is 0. The molecule has 44 valence electrons. The monoisotopic (exact) mass is 186 g/mol. The lowest BCUT2D eigenvalue weighted by molar-refractivity contribution is 0.402. The number of halogens is 1. The highest BCUT2D eigenvalue weighted by Crippen LogP contribution is 2.24. The molecule has 0 N–H and O–H groups in total. The van der Waals surface area contributed by atoms with Crippen molar-refractivity contribution in [2.24, 2.45) is 5.92 Å². The van der Waals surface area contributed by atoms with Crippen LogP contribution in [-0.4, -0.2) is 23.1 Å². The van der Waals surface area contributed by atoms with Crippen LogP contribution in [-0.2, 0) is 0 Å². The standard InChI is InChI=1S/C6H8.BrH.Mg.2H/c1-2-6-4-3-5-6;;;;/h1,6H,3-5H2;1H;;;. The normalized spacial score (nSPS) is 16.4. The van der Waals surface area contributed by atoms with E-state index in [1.54, 1.807) is 0 Å². The van der Waals surface area contributed by atoms with Crippen LogP contribution < -0.4 is 0 Å². The molecule has 1 saturated carbocycles. The predicted molar refractivity (Wildman–Crippen MR) is 45.0 cm³/mol. The molecular formula is C6H11BrMg. The highest BCUT2D eigenvalue weighted by molar-refractivity contribution is 8.93. The summed E-state index contributed by atoms with van der Waals surface area (Å²) in [6, 6.07) is 0. The molecule has 0 radical (unpaired) electrons. The van der Waals surface area contributed by atoms with Crippen molar-refractivity contribution in [1.29, 1.82) is 0 Å². The van der Waals surface area contributed by atoms with Gasteiger partial charge >= 0.3 is 23.1 Å². The molecule has 0 nitrogen and oxygen atoms in total. The summed E-state index contributed by atoms with van der Waals surface area (Å²) in [5, 5.41) is 0. The van der Waals surface area contributed by atoms with Crippen LogP contribution in [0, 0.1) is 18.3 Å². The van der Waals surface area contributed by atoms with Gasteiger partial charge in [-0.3, -0.25) is 0 Å². The molecular weight excluding hydrogens is 176 g/mol. The first-order valence-corrected chi connectivity index (χ1v) is 2.39. The van der Waals surface area contributed by atoms with Crippen molar-refractivity contribution >= 4 is 40.0 Å². The van der Waals surface area contributed by atoms with Crippen LogP contribution in [0.3, 0.4) is 0 Å². The molecule has 8 heavy (non-hydrogen) atoms. The van der Waals surface area contributed by atoms with E-state index in [0.717, 1.165) is 0 Å². The third kappa shape index (κ3) is 2.96. The van der Waals surface area contributed by atoms with Gasteiger partial charge in [0.05, 0.1) is 0 Å². The van der Waals surface area contributed by atoms with Crippen LogP contribution in [0.15, 0.2) is 0 Å². The molecule has 0 atom stereocenters. The fourth-order valence-corrected chi connectivity index (χ4v) is 0.575. The van der Waals surface area contributed by atoms with Gasteiger partial charge in [0.2, 0.25) is 0 Å². The fourth-order valence-electron chi connectivity index (χ4n) is 0.575. The Morgan fingerprint density at radius 2 is 1.88 bits per heavy atom. The molecule has 0 heterocycles. The minimum absolute atomic E-state index is 0. The summed E-state index contributed by atoms with van der Waals surface area (Å²) in [5.74, 6) is 3.34. The van der Waals surface area contributed by atoms with Crippen LogP contribution in [0.4, 0.5) is 0 Å². The highest BCUT2D eigenvalue weighted by atomic mass is 79.9. The molecule has 0 saturated heterocycles. The summed E-state index contributed by atoms with van der Waals surface area (Å²) in [5.41, 5.74) is 0. The molecule has 1 rings (SSSR count). The second kappa shape index (κ2) is 5.93. The maximum atomic E-state index is 5.08. The van der Waals surface area contributed by atoms with Crippen molar-refractivity contribution in [2.45, 2.75) is 19.3 Å². The average Bonchev–Trinajstić information content (AvgIpc) is 1.31. The van der Waals surface area contributed by atoms with Crippen molar-refractivity contribution in [3.05, 3.63) is 0 Å². The van der Waals surface area contributed by atoms with E-state index in [-0.39, 0.29) is 40.0 Å². The second-order valence-electron chi connectivity index (χ2n) is 1.79. The maximum Gasteiger partial charge on any atom is 0.316 e. The van der Waals surface area contributed by atoms with Gasteiger partial charge in [0, 0.05) is 5.92 Å². The van der Waals surface area contributed by atoms with Crippen molar-refractivity contribution in [2.75, 3.05) is 0 Å². The minimum atomic E-state index is 0. The Bertz CT molecular complexity index is 81.0. The zero-order valence-electron chi connectivity index (χ0n) is 4.18. The number of rotatable bonds is 0. The largest absolute Gasteiger partial charge is 0.316 e. The van der Waals surface area contributed by atoms with Crippen LogP contribution >= 0.6 is 17.0 Å². The van der Waals surface area contributed by atoms with Gasteiger partial charge in [0.25, 0.3) is 0 Å². The van der Waals surface area contributed by atoms with Crippen LogP contribution in [0.2, 0.25) is 0 Å². The summed E-state index contributed by atoms with van der Waals surface area (Å²) in [6.45, 7) is 0. The summed E-state index contributed by atoms with van der Waals surface area (Å²) in [7, 11) is 0. The van der Waals surface area contributed by atoms with E-state index >= 15 is 0 Å². The van der Waals surface area contributed by atoms with Crippen LogP contribution in [0.25, 0.3) is 0 Å². The topological polar surface area (TPSA) is 0 Å².